The highest BCUT2D eigenvalue weighted by Crippen LogP contribution is 2.29. The van der Waals surface area contributed by atoms with Crippen LogP contribution in [0.4, 0.5) is 10.5 Å². The van der Waals surface area contributed by atoms with Gasteiger partial charge >= 0.3 is 12.1 Å². The number of rotatable bonds is 3. The lowest BCUT2D eigenvalue weighted by Crippen LogP contribution is -2.29. The molecule has 126 valence electrons. The Labute approximate surface area is 149 Å². The van der Waals surface area contributed by atoms with Crippen LogP contribution < -0.4 is 9.64 Å². The number of hydrogen-bond donors (Lipinski definition) is 1. The Bertz CT molecular complexity index is 953. The maximum Gasteiger partial charge on any atom is 0.419 e. The molecule has 0 aromatic heterocycles. The van der Waals surface area contributed by atoms with Crippen LogP contribution in [0, 0.1) is 0 Å². The number of anilines is 1. The summed E-state index contributed by atoms with van der Waals surface area (Å²) in [6, 6.07) is 16.5. The molecule has 0 spiro atoms. The molecule has 0 saturated heterocycles. The number of halogens is 1. The van der Waals surface area contributed by atoms with Gasteiger partial charge in [0.1, 0.15) is 5.75 Å². The predicted octanol–water partition coefficient (Wildman–Crippen LogP) is 4.83. The van der Waals surface area contributed by atoms with Crippen molar-refractivity contribution in [3.8, 4) is 5.75 Å². The minimum atomic E-state index is -1.02. The van der Waals surface area contributed by atoms with E-state index in [4.69, 9.17) is 16.3 Å². The van der Waals surface area contributed by atoms with E-state index >= 15 is 0 Å². The quantitative estimate of drug-likeness (QED) is 0.731. The molecule has 25 heavy (non-hydrogen) atoms. The van der Waals surface area contributed by atoms with E-state index in [9.17, 15) is 14.7 Å². The van der Waals surface area contributed by atoms with Gasteiger partial charge in [0.25, 0.3) is 0 Å². The summed E-state index contributed by atoms with van der Waals surface area (Å²) in [5.41, 5.74) is 0.735. The van der Waals surface area contributed by atoms with Gasteiger partial charge in [0.05, 0.1) is 11.3 Å². The Hall–Kier alpha value is -3.05. The smallest absolute Gasteiger partial charge is 0.419 e. The molecule has 1 N–H and O–H groups in total. The van der Waals surface area contributed by atoms with Crippen LogP contribution in [0.1, 0.15) is 10.4 Å². The molecule has 0 unspecified atom stereocenters. The van der Waals surface area contributed by atoms with Crippen molar-refractivity contribution in [3.05, 3.63) is 71.2 Å². The van der Waals surface area contributed by atoms with Crippen molar-refractivity contribution in [2.45, 2.75) is 0 Å². The van der Waals surface area contributed by atoms with E-state index in [0.29, 0.717) is 27.2 Å². The van der Waals surface area contributed by atoms with Gasteiger partial charge in [-0.2, -0.15) is 0 Å². The maximum atomic E-state index is 12.4. The number of fused-ring (bicyclic) bond motifs is 1. The van der Waals surface area contributed by atoms with Gasteiger partial charge in [0, 0.05) is 17.5 Å². The molecule has 0 fully saturated rings. The SMILES string of the molecule is CN(C(=O)Oc1ccc(Cl)cc1)c1ccc(C(=O)O)c2ccccc12. The lowest BCUT2D eigenvalue weighted by molar-refractivity contribution is 0.0699. The van der Waals surface area contributed by atoms with E-state index in [2.05, 4.69) is 0 Å². The van der Waals surface area contributed by atoms with E-state index < -0.39 is 12.1 Å². The van der Waals surface area contributed by atoms with Gasteiger partial charge in [0.15, 0.2) is 0 Å². The number of aromatic carboxylic acids is 1. The molecular weight excluding hydrogens is 342 g/mol. The molecular formula is C19H14ClNO4. The first-order valence-corrected chi connectivity index (χ1v) is 7.81. The van der Waals surface area contributed by atoms with E-state index in [0.717, 1.165) is 0 Å². The average Bonchev–Trinajstić information content (AvgIpc) is 2.62. The molecule has 5 nitrogen and oxygen atoms in total. The number of carboxylic acids is 1. The number of benzene rings is 3. The topological polar surface area (TPSA) is 66.8 Å². The molecule has 0 bridgehead atoms. The zero-order chi connectivity index (χ0) is 18.0. The van der Waals surface area contributed by atoms with Gasteiger partial charge in [0.2, 0.25) is 0 Å². The molecule has 0 aliphatic carbocycles. The van der Waals surface area contributed by atoms with Crippen LogP contribution in [0.3, 0.4) is 0 Å². The Morgan fingerprint density at radius 3 is 2.24 bits per heavy atom. The first-order chi connectivity index (χ1) is 12.0. The molecule has 3 aromatic carbocycles. The van der Waals surface area contributed by atoms with Gasteiger partial charge in [-0.05, 0) is 41.8 Å². The Balaban J connectivity index is 1.95. The van der Waals surface area contributed by atoms with E-state index in [-0.39, 0.29) is 5.56 Å². The Morgan fingerprint density at radius 1 is 0.960 bits per heavy atom. The molecule has 0 atom stereocenters. The summed E-state index contributed by atoms with van der Waals surface area (Å²) in [6.45, 7) is 0. The van der Waals surface area contributed by atoms with Crippen LogP contribution in [-0.2, 0) is 0 Å². The average molecular weight is 356 g/mol. The number of carbonyl (C=O) groups excluding carboxylic acids is 1. The Kier molecular flexibility index (Phi) is 4.59. The monoisotopic (exact) mass is 355 g/mol. The molecule has 0 saturated carbocycles. The maximum absolute atomic E-state index is 12.4. The van der Waals surface area contributed by atoms with Crippen LogP contribution in [0.15, 0.2) is 60.7 Å². The van der Waals surface area contributed by atoms with Gasteiger partial charge in [-0.1, -0.05) is 35.9 Å². The molecule has 3 rings (SSSR count). The van der Waals surface area contributed by atoms with Gasteiger partial charge < -0.3 is 9.84 Å². The van der Waals surface area contributed by atoms with E-state index in [1.165, 1.54) is 11.0 Å². The third kappa shape index (κ3) is 3.41. The van der Waals surface area contributed by atoms with Gasteiger partial charge in [-0.3, -0.25) is 4.90 Å². The van der Waals surface area contributed by atoms with Crippen LogP contribution in [-0.4, -0.2) is 24.2 Å². The minimum Gasteiger partial charge on any atom is -0.478 e. The first-order valence-electron chi connectivity index (χ1n) is 7.43. The number of carbonyl (C=O) groups is 2. The number of ether oxygens (including phenoxy) is 1. The summed E-state index contributed by atoms with van der Waals surface area (Å²) < 4.78 is 5.32. The Morgan fingerprint density at radius 2 is 1.60 bits per heavy atom. The fraction of sp³-hybridized carbons (Fsp3) is 0.0526. The second-order valence-electron chi connectivity index (χ2n) is 5.36. The third-order valence-corrected chi connectivity index (χ3v) is 4.04. The highest BCUT2D eigenvalue weighted by Gasteiger charge is 2.18. The molecule has 1 amide bonds. The van der Waals surface area contributed by atoms with E-state index in [1.807, 2.05) is 0 Å². The fourth-order valence-electron chi connectivity index (χ4n) is 2.53. The second-order valence-corrected chi connectivity index (χ2v) is 5.80. The number of hydrogen-bond acceptors (Lipinski definition) is 3. The van der Waals surface area contributed by atoms with Gasteiger partial charge in [-0.15, -0.1) is 0 Å². The minimum absolute atomic E-state index is 0.179. The number of amides is 1. The van der Waals surface area contributed by atoms with Crippen LogP contribution in [0.5, 0.6) is 5.75 Å². The highest BCUT2D eigenvalue weighted by atomic mass is 35.5. The zero-order valence-electron chi connectivity index (χ0n) is 13.3. The summed E-state index contributed by atoms with van der Waals surface area (Å²) >= 11 is 5.81. The third-order valence-electron chi connectivity index (χ3n) is 3.79. The molecule has 3 aromatic rings. The van der Waals surface area contributed by atoms with Crippen molar-refractivity contribution in [1.82, 2.24) is 0 Å². The van der Waals surface area contributed by atoms with E-state index in [1.54, 1.807) is 61.6 Å². The number of nitrogens with zero attached hydrogens (tertiary/aromatic N) is 1. The predicted molar refractivity (Wildman–Crippen MR) is 96.8 cm³/mol. The van der Waals surface area contributed by atoms with Crippen molar-refractivity contribution < 1.29 is 19.4 Å². The van der Waals surface area contributed by atoms with Gasteiger partial charge in [-0.25, -0.2) is 9.59 Å². The molecule has 0 aliphatic rings. The van der Waals surface area contributed by atoms with Crippen molar-refractivity contribution in [3.63, 3.8) is 0 Å². The zero-order valence-corrected chi connectivity index (χ0v) is 14.0. The first kappa shape index (κ1) is 16.8. The normalized spacial score (nSPS) is 10.5. The van der Waals surface area contributed by atoms with Crippen LogP contribution in [0.25, 0.3) is 10.8 Å². The standard InChI is InChI=1S/C19H14ClNO4/c1-21(19(24)25-13-8-6-12(20)7-9-13)17-11-10-16(18(22)23)14-4-2-3-5-15(14)17/h2-11H,1H3,(H,22,23). The lowest BCUT2D eigenvalue weighted by atomic mass is 10.0. The van der Waals surface area contributed by atoms with Crippen LogP contribution >= 0.6 is 11.6 Å². The molecule has 0 aliphatic heterocycles. The molecule has 6 heteroatoms. The molecule has 0 radical (unpaired) electrons. The summed E-state index contributed by atoms with van der Waals surface area (Å²) in [5, 5.41) is 11.1. The second kappa shape index (κ2) is 6.83. The van der Waals surface area contributed by atoms with Crippen molar-refractivity contribution in [1.29, 1.82) is 0 Å². The lowest BCUT2D eigenvalue weighted by Gasteiger charge is -2.19. The van der Waals surface area contributed by atoms with Crippen molar-refractivity contribution in [2.75, 3.05) is 11.9 Å². The van der Waals surface area contributed by atoms with Crippen LogP contribution in [0.2, 0.25) is 5.02 Å². The fourth-order valence-corrected chi connectivity index (χ4v) is 2.66. The largest absolute Gasteiger partial charge is 0.478 e. The molecule has 0 heterocycles. The summed E-state index contributed by atoms with van der Waals surface area (Å²) in [4.78, 5) is 25.1. The summed E-state index contributed by atoms with van der Waals surface area (Å²) in [5.74, 6) is -0.651. The number of carboxylic acid groups (broad SMARTS) is 1. The highest BCUT2D eigenvalue weighted by molar-refractivity contribution is 6.30. The summed E-state index contributed by atoms with van der Waals surface area (Å²) in [6.07, 6.45) is -0.587. The van der Waals surface area contributed by atoms with Crippen molar-refractivity contribution >= 4 is 40.1 Å². The summed E-state index contributed by atoms with van der Waals surface area (Å²) in [7, 11) is 1.57. The van der Waals surface area contributed by atoms with Crippen molar-refractivity contribution in [2.24, 2.45) is 0 Å².